The van der Waals surface area contributed by atoms with Crippen LogP contribution in [0.1, 0.15) is 24.3 Å². The first kappa shape index (κ1) is 15.9. The highest BCUT2D eigenvalue weighted by molar-refractivity contribution is 7.89. The van der Waals surface area contributed by atoms with E-state index in [9.17, 15) is 8.42 Å². The van der Waals surface area contributed by atoms with Gasteiger partial charge in [-0.25, -0.2) is 8.42 Å². The van der Waals surface area contributed by atoms with E-state index >= 15 is 0 Å². The molecule has 1 aromatic rings. The Bertz CT molecular complexity index is 595. The van der Waals surface area contributed by atoms with Crippen molar-refractivity contribution >= 4 is 10.0 Å². The Hall–Kier alpha value is -0.960. The Balaban J connectivity index is 1.64. The van der Waals surface area contributed by atoms with E-state index in [1.54, 1.807) is 4.31 Å². The number of nitrogens with zero attached hydrogens (tertiary/aromatic N) is 3. The SMILES string of the molecule is Cc1cc(CN2CCC[C@H](S(=O)(=O)N3CCOCC3)C2)on1. The Kier molecular flexibility index (Phi) is 4.82. The van der Waals surface area contributed by atoms with Crippen LogP contribution >= 0.6 is 0 Å². The van der Waals surface area contributed by atoms with Crippen molar-refractivity contribution in [3.63, 3.8) is 0 Å². The molecular weight excluding hydrogens is 306 g/mol. The molecule has 0 bridgehead atoms. The molecular formula is C14H23N3O4S. The van der Waals surface area contributed by atoms with Crippen LogP contribution in [0.2, 0.25) is 0 Å². The molecule has 0 unspecified atom stereocenters. The van der Waals surface area contributed by atoms with E-state index in [-0.39, 0.29) is 5.25 Å². The van der Waals surface area contributed by atoms with Gasteiger partial charge in [-0.1, -0.05) is 5.16 Å². The molecule has 124 valence electrons. The summed E-state index contributed by atoms with van der Waals surface area (Å²) >= 11 is 0. The van der Waals surface area contributed by atoms with Gasteiger partial charge in [-0.15, -0.1) is 0 Å². The van der Waals surface area contributed by atoms with Gasteiger partial charge in [0.1, 0.15) is 0 Å². The standard InChI is InChI=1S/C14H23N3O4S/c1-12-9-13(21-15-12)10-16-4-2-3-14(11-16)22(18,19)17-5-7-20-8-6-17/h9,14H,2-8,10-11H2,1H3/t14-/m0/s1. The zero-order valence-corrected chi connectivity index (χ0v) is 13.7. The summed E-state index contributed by atoms with van der Waals surface area (Å²) in [5, 5.41) is 3.55. The van der Waals surface area contributed by atoms with Gasteiger partial charge < -0.3 is 9.26 Å². The predicted molar refractivity (Wildman–Crippen MR) is 80.9 cm³/mol. The number of aromatic nitrogens is 1. The van der Waals surface area contributed by atoms with Gasteiger partial charge in [0.2, 0.25) is 10.0 Å². The first-order valence-electron chi connectivity index (χ1n) is 7.77. The fraction of sp³-hybridized carbons (Fsp3) is 0.786. The lowest BCUT2D eigenvalue weighted by molar-refractivity contribution is 0.0718. The second kappa shape index (κ2) is 6.66. The smallest absolute Gasteiger partial charge is 0.218 e. The highest BCUT2D eigenvalue weighted by Gasteiger charge is 2.36. The molecule has 3 rings (SSSR count). The third-order valence-electron chi connectivity index (χ3n) is 4.27. The Morgan fingerprint density at radius 2 is 2.09 bits per heavy atom. The molecule has 2 aliphatic heterocycles. The van der Waals surface area contributed by atoms with Crippen LogP contribution in [0.15, 0.2) is 10.6 Å². The highest BCUT2D eigenvalue weighted by atomic mass is 32.2. The molecule has 1 atom stereocenters. The third-order valence-corrected chi connectivity index (χ3v) is 6.58. The lowest BCUT2D eigenvalue weighted by Gasteiger charge is -2.35. The van der Waals surface area contributed by atoms with Crippen molar-refractivity contribution in [3.8, 4) is 0 Å². The van der Waals surface area contributed by atoms with Crippen LogP contribution in [0.4, 0.5) is 0 Å². The Morgan fingerprint density at radius 1 is 1.32 bits per heavy atom. The van der Waals surface area contributed by atoms with Crippen LogP contribution in [-0.4, -0.2) is 67.4 Å². The van der Waals surface area contributed by atoms with Gasteiger partial charge in [-0.3, -0.25) is 4.90 Å². The summed E-state index contributed by atoms with van der Waals surface area (Å²) in [6.07, 6.45) is 1.62. The molecule has 0 spiro atoms. The number of rotatable bonds is 4. The van der Waals surface area contributed by atoms with E-state index < -0.39 is 10.0 Å². The van der Waals surface area contributed by atoms with E-state index in [2.05, 4.69) is 10.1 Å². The van der Waals surface area contributed by atoms with Crippen molar-refractivity contribution in [3.05, 3.63) is 17.5 Å². The van der Waals surface area contributed by atoms with E-state index in [1.807, 2.05) is 13.0 Å². The van der Waals surface area contributed by atoms with Crippen LogP contribution in [0.5, 0.6) is 0 Å². The summed E-state index contributed by atoms with van der Waals surface area (Å²) in [6, 6.07) is 1.90. The summed E-state index contributed by atoms with van der Waals surface area (Å²) < 4.78 is 37.6. The molecule has 0 aliphatic carbocycles. The van der Waals surface area contributed by atoms with Crippen LogP contribution in [0.3, 0.4) is 0 Å². The van der Waals surface area contributed by atoms with E-state index in [0.717, 1.165) is 30.8 Å². The zero-order valence-electron chi connectivity index (χ0n) is 12.9. The number of hydrogen-bond acceptors (Lipinski definition) is 6. The van der Waals surface area contributed by atoms with Crippen molar-refractivity contribution in [1.82, 2.24) is 14.4 Å². The second-order valence-corrected chi connectivity index (χ2v) is 8.20. The number of sulfonamides is 1. The monoisotopic (exact) mass is 329 g/mol. The number of aryl methyl sites for hydroxylation is 1. The lowest BCUT2D eigenvalue weighted by Crippen LogP contribution is -2.50. The predicted octanol–water partition coefficient (Wildman–Crippen LogP) is 0.609. The zero-order chi connectivity index (χ0) is 15.6. The molecule has 0 aromatic carbocycles. The molecule has 2 aliphatic rings. The van der Waals surface area contributed by atoms with Crippen LogP contribution in [-0.2, 0) is 21.3 Å². The Labute approximate surface area is 131 Å². The van der Waals surface area contributed by atoms with Crippen molar-refractivity contribution in [2.45, 2.75) is 31.6 Å². The topological polar surface area (TPSA) is 75.9 Å². The van der Waals surface area contributed by atoms with Gasteiger partial charge in [-0.05, 0) is 26.3 Å². The first-order chi connectivity index (χ1) is 10.6. The van der Waals surface area contributed by atoms with Gasteiger partial charge in [0, 0.05) is 25.7 Å². The molecule has 8 heteroatoms. The van der Waals surface area contributed by atoms with Crippen molar-refractivity contribution in [1.29, 1.82) is 0 Å². The molecule has 1 aromatic heterocycles. The Morgan fingerprint density at radius 3 is 2.77 bits per heavy atom. The number of hydrogen-bond donors (Lipinski definition) is 0. The number of ether oxygens (including phenoxy) is 1. The minimum Gasteiger partial charge on any atom is -0.379 e. The fourth-order valence-electron chi connectivity index (χ4n) is 3.12. The molecule has 0 N–H and O–H groups in total. The number of likely N-dealkylation sites (tertiary alicyclic amines) is 1. The summed E-state index contributed by atoms with van der Waals surface area (Å²) in [6.45, 7) is 5.89. The molecule has 22 heavy (non-hydrogen) atoms. The molecule has 2 saturated heterocycles. The highest BCUT2D eigenvalue weighted by Crippen LogP contribution is 2.22. The molecule has 0 radical (unpaired) electrons. The van der Waals surface area contributed by atoms with E-state index in [0.29, 0.717) is 39.4 Å². The lowest BCUT2D eigenvalue weighted by atomic mass is 10.1. The molecule has 3 heterocycles. The fourth-order valence-corrected chi connectivity index (χ4v) is 5.07. The van der Waals surface area contributed by atoms with Gasteiger partial charge in [0.15, 0.2) is 5.76 Å². The van der Waals surface area contributed by atoms with Crippen LogP contribution < -0.4 is 0 Å². The molecule has 7 nitrogen and oxygen atoms in total. The van der Waals surface area contributed by atoms with Crippen molar-refractivity contribution in [2.75, 3.05) is 39.4 Å². The maximum atomic E-state index is 12.8. The summed E-state index contributed by atoms with van der Waals surface area (Å²) in [7, 11) is -3.24. The van der Waals surface area contributed by atoms with Gasteiger partial charge in [0.05, 0.1) is 30.7 Å². The second-order valence-electron chi connectivity index (χ2n) is 5.99. The van der Waals surface area contributed by atoms with Crippen molar-refractivity contribution < 1.29 is 17.7 Å². The maximum Gasteiger partial charge on any atom is 0.218 e. The minimum atomic E-state index is -3.24. The molecule has 2 fully saturated rings. The van der Waals surface area contributed by atoms with Crippen molar-refractivity contribution in [2.24, 2.45) is 0 Å². The normalized spacial score (nSPS) is 25.4. The first-order valence-corrected chi connectivity index (χ1v) is 9.27. The molecule has 0 amide bonds. The van der Waals surface area contributed by atoms with E-state index in [4.69, 9.17) is 9.26 Å². The summed E-state index contributed by atoms with van der Waals surface area (Å²) in [5.74, 6) is 0.793. The van der Waals surface area contributed by atoms with Gasteiger partial charge in [-0.2, -0.15) is 4.31 Å². The number of piperidine rings is 1. The maximum absolute atomic E-state index is 12.8. The number of morpholine rings is 1. The average molecular weight is 329 g/mol. The average Bonchev–Trinajstić information content (AvgIpc) is 2.93. The third kappa shape index (κ3) is 3.51. The molecule has 0 saturated carbocycles. The van der Waals surface area contributed by atoms with Crippen LogP contribution in [0.25, 0.3) is 0 Å². The largest absolute Gasteiger partial charge is 0.379 e. The quantitative estimate of drug-likeness (QED) is 0.805. The summed E-state index contributed by atoms with van der Waals surface area (Å²) in [4.78, 5) is 2.14. The summed E-state index contributed by atoms with van der Waals surface area (Å²) in [5.41, 5.74) is 0.851. The van der Waals surface area contributed by atoms with E-state index in [1.165, 1.54) is 0 Å². The van der Waals surface area contributed by atoms with Gasteiger partial charge >= 0.3 is 0 Å². The van der Waals surface area contributed by atoms with Crippen LogP contribution in [0, 0.1) is 6.92 Å². The minimum absolute atomic E-state index is 0.330. The van der Waals surface area contributed by atoms with Gasteiger partial charge in [0.25, 0.3) is 0 Å².